The molecule has 4 heterocycles. The van der Waals surface area contributed by atoms with Crippen molar-refractivity contribution in [2.75, 3.05) is 49.2 Å². The van der Waals surface area contributed by atoms with Crippen LogP contribution in [-0.4, -0.2) is 71.5 Å². The Hall–Kier alpha value is -3.37. The molecule has 0 N–H and O–H groups in total. The second-order valence-corrected chi connectivity index (χ2v) is 8.48. The molecule has 3 aromatic rings. The Balaban J connectivity index is 1.59. The van der Waals surface area contributed by atoms with Crippen LogP contribution in [0.2, 0.25) is 0 Å². The Morgan fingerprint density at radius 2 is 1.64 bits per heavy atom. The first-order chi connectivity index (χ1) is 16.0. The van der Waals surface area contributed by atoms with Gasteiger partial charge in [0.05, 0.1) is 41.4 Å². The third-order valence-electron chi connectivity index (χ3n) is 5.91. The first-order valence-corrected chi connectivity index (χ1v) is 11.1. The second kappa shape index (κ2) is 8.87. The van der Waals surface area contributed by atoms with Gasteiger partial charge in [-0.3, -0.25) is 10.1 Å². The Morgan fingerprint density at radius 1 is 0.939 bits per heavy atom. The lowest BCUT2D eigenvalue weighted by Crippen LogP contribution is -2.46. The smallest absolute Gasteiger partial charge is 0.269 e. The van der Waals surface area contributed by atoms with E-state index in [0.29, 0.717) is 43.6 Å². The highest BCUT2D eigenvalue weighted by atomic mass is 16.6. The summed E-state index contributed by atoms with van der Waals surface area (Å²) in [5.74, 6) is 1.49. The van der Waals surface area contributed by atoms with Gasteiger partial charge >= 0.3 is 0 Å². The van der Waals surface area contributed by atoms with E-state index in [1.807, 2.05) is 12.1 Å². The molecule has 10 heteroatoms. The van der Waals surface area contributed by atoms with Crippen LogP contribution < -0.4 is 9.80 Å². The van der Waals surface area contributed by atoms with Gasteiger partial charge in [0.1, 0.15) is 5.82 Å². The van der Waals surface area contributed by atoms with E-state index in [9.17, 15) is 10.1 Å². The highest BCUT2D eigenvalue weighted by Gasteiger charge is 2.26. The quantitative estimate of drug-likeness (QED) is 0.438. The zero-order valence-corrected chi connectivity index (χ0v) is 18.7. The van der Waals surface area contributed by atoms with Gasteiger partial charge in [0.25, 0.3) is 5.69 Å². The predicted octanol–water partition coefficient (Wildman–Crippen LogP) is 3.05. The third-order valence-corrected chi connectivity index (χ3v) is 5.91. The molecule has 2 aliphatic rings. The summed E-state index contributed by atoms with van der Waals surface area (Å²) >= 11 is 0. The minimum atomic E-state index is -0.407. The van der Waals surface area contributed by atoms with E-state index in [2.05, 4.69) is 23.6 Å². The van der Waals surface area contributed by atoms with E-state index in [-0.39, 0.29) is 17.9 Å². The number of fused-ring (bicyclic) bond motifs is 1. The topological polar surface area (TPSA) is 107 Å². The Morgan fingerprint density at radius 3 is 2.30 bits per heavy atom. The van der Waals surface area contributed by atoms with Gasteiger partial charge in [0.2, 0.25) is 5.95 Å². The fourth-order valence-corrected chi connectivity index (χ4v) is 4.40. The first-order valence-electron chi connectivity index (χ1n) is 11.1. The summed E-state index contributed by atoms with van der Waals surface area (Å²) in [7, 11) is 0. The van der Waals surface area contributed by atoms with Crippen LogP contribution in [0.3, 0.4) is 0 Å². The standard InChI is InChI=1S/C23H26N6O4/c1-15-13-28(14-16(2)33-15)23-25-21-19(22(26-23)27-9-11-32-12-10-27)7-8-20(24-21)17-3-5-18(6-4-17)29(30)31/h3-8,15-16H,9-14H2,1-2H3. The largest absolute Gasteiger partial charge is 0.378 e. The van der Waals surface area contributed by atoms with Gasteiger partial charge in [-0.15, -0.1) is 0 Å². The molecule has 0 amide bonds. The van der Waals surface area contributed by atoms with Crippen LogP contribution in [0.1, 0.15) is 13.8 Å². The Kier molecular flexibility index (Phi) is 5.77. The molecule has 33 heavy (non-hydrogen) atoms. The number of aromatic nitrogens is 3. The minimum absolute atomic E-state index is 0.0503. The zero-order valence-electron chi connectivity index (χ0n) is 18.7. The number of rotatable bonds is 4. The summed E-state index contributed by atoms with van der Waals surface area (Å²) < 4.78 is 11.4. The normalized spacial score (nSPS) is 21.4. The molecule has 2 atom stereocenters. The number of ether oxygens (including phenoxy) is 2. The maximum atomic E-state index is 11.0. The van der Waals surface area contributed by atoms with Crippen LogP contribution in [0.25, 0.3) is 22.3 Å². The molecule has 0 bridgehead atoms. The van der Waals surface area contributed by atoms with Gasteiger partial charge in [-0.2, -0.15) is 9.97 Å². The van der Waals surface area contributed by atoms with Crippen LogP contribution >= 0.6 is 0 Å². The summed E-state index contributed by atoms with van der Waals surface area (Å²) in [5, 5.41) is 11.9. The molecule has 2 fully saturated rings. The van der Waals surface area contributed by atoms with Crippen molar-refractivity contribution in [2.45, 2.75) is 26.1 Å². The van der Waals surface area contributed by atoms with Crippen molar-refractivity contribution in [3.8, 4) is 11.3 Å². The van der Waals surface area contributed by atoms with Gasteiger partial charge in [-0.25, -0.2) is 4.98 Å². The van der Waals surface area contributed by atoms with E-state index in [1.54, 1.807) is 12.1 Å². The molecule has 2 aliphatic heterocycles. The van der Waals surface area contributed by atoms with Crippen molar-refractivity contribution in [3.05, 3.63) is 46.5 Å². The van der Waals surface area contributed by atoms with E-state index >= 15 is 0 Å². The van der Waals surface area contributed by atoms with Crippen molar-refractivity contribution in [3.63, 3.8) is 0 Å². The van der Waals surface area contributed by atoms with Gasteiger partial charge in [0.15, 0.2) is 5.65 Å². The fourth-order valence-electron chi connectivity index (χ4n) is 4.40. The Bertz CT molecular complexity index is 1160. The molecule has 2 unspecified atom stereocenters. The molecule has 2 aromatic heterocycles. The van der Waals surface area contributed by atoms with Gasteiger partial charge in [0, 0.05) is 43.9 Å². The first kappa shape index (κ1) is 21.5. The van der Waals surface area contributed by atoms with Crippen LogP contribution in [0.15, 0.2) is 36.4 Å². The molecule has 2 saturated heterocycles. The van der Waals surface area contributed by atoms with Gasteiger partial charge < -0.3 is 19.3 Å². The predicted molar refractivity (Wildman–Crippen MR) is 125 cm³/mol. The molecular weight excluding hydrogens is 424 g/mol. The van der Waals surface area contributed by atoms with Crippen molar-refractivity contribution in [1.82, 2.24) is 15.0 Å². The van der Waals surface area contributed by atoms with E-state index in [1.165, 1.54) is 12.1 Å². The lowest BCUT2D eigenvalue weighted by molar-refractivity contribution is -0.384. The number of hydrogen-bond donors (Lipinski definition) is 0. The molecule has 10 nitrogen and oxygen atoms in total. The molecule has 5 rings (SSSR count). The molecule has 0 spiro atoms. The summed E-state index contributed by atoms with van der Waals surface area (Å²) in [6, 6.07) is 10.3. The number of benzene rings is 1. The molecule has 0 radical (unpaired) electrons. The van der Waals surface area contributed by atoms with E-state index < -0.39 is 4.92 Å². The number of nitro groups is 1. The van der Waals surface area contributed by atoms with Crippen LogP contribution in [-0.2, 0) is 9.47 Å². The summed E-state index contributed by atoms with van der Waals surface area (Å²) in [4.78, 5) is 29.6. The minimum Gasteiger partial charge on any atom is -0.378 e. The number of nitro benzene ring substituents is 1. The van der Waals surface area contributed by atoms with Crippen LogP contribution in [0, 0.1) is 10.1 Å². The second-order valence-electron chi connectivity index (χ2n) is 8.48. The Labute approximate surface area is 191 Å². The van der Waals surface area contributed by atoms with Gasteiger partial charge in [-0.1, -0.05) is 0 Å². The SMILES string of the molecule is CC1CN(c2nc(N3CCOCC3)c3ccc(-c4ccc([N+](=O)[O-])cc4)nc3n2)CC(C)O1. The monoisotopic (exact) mass is 450 g/mol. The highest BCUT2D eigenvalue weighted by molar-refractivity contribution is 5.90. The average Bonchev–Trinajstić information content (AvgIpc) is 2.83. The summed E-state index contributed by atoms with van der Waals surface area (Å²) in [6.07, 6.45) is 0.165. The molecule has 1 aromatic carbocycles. The number of morpholine rings is 2. The number of pyridine rings is 1. The number of hydrogen-bond acceptors (Lipinski definition) is 9. The summed E-state index contributed by atoms with van der Waals surface area (Å²) in [5.41, 5.74) is 2.15. The molecule has 0 saturated carbocycles. The number of nitrogens with zero attached hydrogens (tertiary/aromatic N) is 6. The fraction of sp³-hybridized carbons (Fsp3) is 0.435. The average molecular weight is 450 g/mol. The molecule has 0 aliphatic carbocycles. The lowest BCUT2D eigenvalue weighted by Gasteiger charge is -2.36. The van der Waals surface area contributed by atoms with Crippen LogP contribution in [0.4, 0.5) is 17.5 Å². The number of anilines is 2. The van der Waals surface area contributed by atoms with Crippen molar-refractivity contribution >= 4 is 28.5 Å². The van der Waals surface area contributed by atoms with Crippen molar-refractivity contribution in [2.24, 2.45) is 0 Å². The van der Waals surface area contributed by atoms with Crippen molar-refractivity contribution in [1.29, 1.82) is 0 Å². The summed E-state index contributed by atoms with van der Waals surface area (Å²) in [6.45, 7) is 8.34. The van der Waals surface area contributed by atoms with Crippen LogP contribution in [0.5, 0.6) is 0 Å². The maximum absolute atomic E-state index is 11.0. The van der Waals surface area contributed by atoms with Gasteiger partial charge in [-0.05, 0) is 38.1 Å². The molecular formula is C23H26N6O4. The maximum Gasteiger partial charge on any atom is 0.269 e. The lowest BCUT2D eigenvalue weighted by atomic mass is 10.1. The highest BCUT2D eigenvalue weighted by Crippen LogP contribution is 2.30. The zero-order chi connectivity index (χ0) is 22.9. The molecule has 172 valence electrons. The third kappa shape index (κ3) is 4.44. The van der Waals surface area contributed by atoms with E-state index in [0.717, 1.165) is 29.9 Å². The van der Waals surface area contributed by atoms with E-state index in [4.69, 9.17) is 24.4 Å². The van der Waals surface area contributed by atoms with Crippen molar-refractivity contribution < 1.29 is 14.4 Å². The number of non-ortho nitro benzene ring substituents is 1.